The Morgan fingerprint density at radius 3 is 2.50 bits per heavy atom. The number of hydrogen-bond acceptors (Lipinski definition) is 2. The van der Waals surface area contributed by atoms with Crippen LogP contribution in [0.1, 0.15) is 0 Å². The molecule has 72 valence electrons. The Morgan fingerprint density at radius 1 is 1.67 bits per heavy atom. The summed E-state index contributed by atoms with van der Waals surface area (Å²) in [4.78, 5) is 3.35. The van der Waals surface area contributed by atoms with Crippen LogP contribution in [0.25, 0.3) is 0 Å². The molecule has 4 nitrogen and oxygen atoms in total. The predicted octanol–water partition coefficient (Wildman–Crippen LogP) is -0.556. The summed E-state index contributed by atoms with van der Waals surface area (Å²) in [6.07, 6.45) is -7.04. The second-order valence-corrected chi connectivity index (χ2v) is 2.05. The molecule has 1 atom stereocenters. The molecule has 0 unspecified atom stereocenters. The molecule has 0 aliphatic rings. The van der Waals surface area contributed by atoms with E-state index in [0.717, 1.165) is 0 Å². The van der Waals surface area contributed by atoms with Crippen LogP contribution in [0.5, 0.6) is 0 Å². The van der Waals surface area contributed by atoms with Gasteiger partial charge in [-0.3, -0.25) is 4.99 Å². The van der Waals surface area contributed by atoms with Gasteiger partial charge in [-0.05, 0) is 0 Å². The Kier molecular flexibility index (Phi) is 3.81. The van der Waals surface area contributed by atoms with E-state index in [1.807, 2.05) is 0 Å². The molecule has 0 aliphatic heterocycles. The van der Waals surface area contributed by atoms with Crippen molar-refractivity contribution in [2.45, 2.75) is 12.3 Å². The van der Waals surface area contributed by atoms with Gasteiger partial charge >= 0.3 is 6.18 Å². The van der Waals surface area contributed by atoms with Crippen LogP contribution in [0.15, 0.2) is 4.99 Å². The fourth-order valence-electron chi connectivity index (χ4n) is 0.396. The molecule has 0 fully saturated rings. The Labute approximate surface area is 67.3 Å². The van der Waals surface area contributed by atoms with E-state index >= 15 is 0 Å². The molecule has 4 N–H and O–H groups in total. The monoisotopic (exact) mass is 185 g/mol. The third kappa shape index (κ3) is 4.02. The second-order valence-electron chi connectivity index (χ2n) is 2.05. The molecule has 0 aromatic rings. The highest BCUT2D eigenvalue weighted by Crippen LogP contribution is 2.18. The van der Waals surface area contributed by atoms with Crippen molar-refractivity contribution in [1.82, 2.24) is 5.32 Å². The zero-order valence-electron chi connectivity index (χ0n) is 6.39. The van der Waals surface area contributed by atoms with E-state index in [0.29, 0.717) is 0 Å². The maximum atomic E-state index is 11.6. The fourth-order valence-corrected chi connectivity index (χ4v) is 0.396. The normalized spacial score (nSPS) is 15.9. The SMILES string of the molecule is CN=C(N)NC[C@@H](O)C(F)(F)F. The van der Waals surface area contributed by atoms with Gasteiger partial charge in [0.15, 0.2) is 12.1 Å². The van der Waals surface area contributed by atoms with Crippen LogP contribution in [0.4, 0.5) is 13.2 Å². The minimum absolute atomic E-state index is 0.140. The Balaban J connectivity index is 3.80. The Bertz CT molecular complexity index is 168. The summed E-state index contributed by atoms with van der Waals surface area (Å²) < 4.78 is 34.9. The molecule has 0 saturated heterocycles. The zero-order valence-corrected chi connectivity index (χ0v) is 6.39. The van der Waals surface area contributed by atoms with Gasteiger partial charge in [0.05, 0.1) is 6.54 Å². The average Bonchev–Trinajstić information content (AvgIpc) is 1.97. The molecular formula is C5H10F3N3O. The number of halogens is 3. The first-order valence-electron chi connectivity index (χ1n) is 3.09. The lowest BCUT2D eigenvalue weighted by molar-refractivity contribution is -0.201. The van der Waals surface area contributed by atoms with E-state index in [2.05, 4.69) is 10.3 Å². The molecule has 0 heterocycles. The standard InChI is InChI=1S/C5H10F3N3O/c1-10-4(9)11-2-3(12)5(6,7)8/h3,12H,2H2,1H3,(H3,9,10,11)/t3-/m1/s1. The van der Waals surface area contributed by atoms with Crippen LogP contribution >= 0.6 is 0 Å². The van der Waals surface area contributed by atoms with E-state index < -0.39 is 18.8 Å². The number of aliphatic hydroxyl groups is 1. The highest BCUT2D eigenvalue weighted by molar-refractivity contribution is 5.77. The highest BCUT2D eigenvalue weighted by atomic mass is 19.4. The van der Waals surface area contributed by atoms with Crippen LogP contribution in [-0.2, 0) is 0 Å². The molecule has 0 radical (unpaired) electrons. The number of nitrogens with one attached hydrogen (secondary N) is 1. The number of aliphatic hydroxyl groups excluding tert-OH is 1. The Hall–Kier alpha value is -0.980. The lowest BCUT2D eigenvalue weighted by Crippen LogP contribution is -2.43. The predicted molar refractivity (Wildman–Crippen MR) is 37.6 cm³/mol. The molecule has 7 heteroatoms. The van der Waals surface area contributed by atoms with Crippen LogP contribution in [0, 0.1) is 0 Å². The molecule has 0 rings (SSSR count). The first-order chi connectivity index (χ1) is 5.38. The topological polar surface area (TPSA) is 70.6 Å². The molecule has 0 saturated carbocycles. The second kappa shape index (κ2) is 4.15. The minimum atomic E-state index is -4.62. The largest absolute Gasteiger partial charge is 0.416 e. The van der Waals surface area contributed by atoms with Crippen molar-refractivity contribution in [3.8, 4) is 0 Å². The molecule has 0 bridgehead atoms. The third-order valence-electron chi connectivity index (χ3n) is 1.10. The highest BCUT2D eigenvalue weighted by Gasteiger charge is 2.37. The number of nitrogens with two attached hydrogens (primary N) is 1. The van der Waals surface area contributed by atoms with Crippen molar-refractivity contribution >= 4 is 5.96 Å². The maximum absolute atomic E-state index is 11.6. The van der Waals surface area contributed by atoms with Crippen molar-refractivity contribution in [3.63, 3.8) is 0 Å². The van der Waals surface area contributed by atoms with Gasteiger partial charge in [0.25, 0.3) is 0 Å². The number of aliphatic imine (C=N–C) groups is 1. The van der Waals surface area contributed by atoms with E-state index in [-0.39, 0.29) is 5.96 Å². The van der Waals surface area contributed by atoms with Crippen LogP contribution in [0.2, 0.25) is 0 Å². The first kappa shape index (κ1) is 11.0. The first-order valence-corrected chi connectivity index (χ1v) is 3.09. The summed E-state index contributed by atoms with van der Waals surface area (Å²) >= 11 is 0. The number of nitrogens with zero attached hydrogens (tertiary/aromatic N) is 1. The maximum Gasteiger partial charge on any atom is 0.416 e. The van der Waals surface area contributed by atoms with Gasteiger partial charge < -0.3 is 16.2 Å². The molecule has 0 aromatic carbocycles. The summed E-state index contributed by atoms with van der Waals surface area (Å²) in [6.45, 7) is -0.688. The number of guanidine groups is 1. The smallest absolute Gasteiger partial charge is 0.382 e. The van der Waals surface area contributed by atoms with Crippen molar-refractivity contribution in [3.05, 3.63) is 0 Å². The molecule has 0 aliphatic carbocycles. The van der Waals surface area contributed by atoms with E-state index in [9.17, 15) is 13.2 Å². The fraction of sp³-hybridized carbons (Fsp3) is 0.800. The van der Waals surface area contributed by atoms with Gasteiger partial charge in [0.2, 0.25) is 0 Å². The summed E-state index contributed by atoms with van der Waals surface area (Å²) in [5.41, 5.74) is 5.02. The average molecular weight is 185 g/mol. The van der Waals surface area contributed by atoms with Crippen molar-refractivity contribution in [1.29, 1.82) is 0 Å². The lowest BCUT2D eigenvalue weighted by atomic mass is 10.3. The van der Waals surface area contributed by atoms with E-state index in [4.69, 9.17) is 10.8 Å². The molecule has 0 spiro atoms. The summed E-state index contributed by atoms with van der Waals surface area (Å²) in [7, 11) is 1.32. The third-order valence-corrected chi connectivity index (χ3v) is 1.10. The van der Waals surface area contributed by atoms with Gasteiger partial charge in [-0.15, -0.1) is 0 Å². The van der Waals surface area contributed by atoms with Crippen LogP contribution in [0.3, 0.4) is 0 Å². The van der Waals surface area contributed by atoms with E-state index in [1.54, 1.807) is 0 Å². The van der Waals surface area contributed by atoms with Crippen LogP contribution in [-0.4, -0.2) is 36.9 Å². The molecular weight excluding hydrogens is 175 g/mol. The van der Waals surface area contributed by atoms with Crippen molar-refractivity contribution in [2.75, 3.05) is 13.6 Å². The summed E-state index contributed by atoms with van der Waals surface area (Å²) in [5.74, 6) is -0.140. The van der Waals surface area contributed by atoms with Gasteiger partial charge in [0.1, 0.15) is 0 Å². The van der Waals surface area contributed by atoms with Gasteiger partial charge in [-0.1, -0.05) is 0 Å². The lowest BCUT2D eigenvalue weighted by Gasteiger charge is -2.14. The van der Waals surface area contributed by atoms with Gasteiger partial charge in [0, 0.05) is 7.05 Å². The van der Waals surface area contributed by atoms with Gasteiger partial charge in [-0.25, -0.2) is 0 Å². The summed E-state index contributed by atoms with van der Waals surface area (Å²) in [5, 5.41) is 10.5. The van der Waals surface area contributed by atoms with Crippen LogP contribution < -0.4 is 11.1 Å². The number of alkyl halides is 3. The number of hydrogen-bond donors (Lipinski definition) is 3. The van der Waals surface area contributed by atoms with E-state index in [1.165, 1.54) is 7.05 Å². The van der Waals surface area contributed by atoms with Gasteiger partial charge in [-0.2, -0.15) is 13.2 Å². The minimum Gasteiger partial charge on any atom is -0.382 e. The zero-order chi connectivity index (χ0) is 9.78. The molecule has 12 heavy (non-hydrogen) atoms. The molecule has 0 amide bonds. The quantitative estimate of drug-likeness (QED) is 0.399. The summed E-state index contributed by atoms with van der Waals surface area (Å²) in [6, 6.07) is 0. The number of rotatable bonds is 2. The van der Waals surface area contributed by atoms with Crippen molar-refractivity contribution in [2.24, 2.45) is 10.7 Å². The molecule has 0 aromatic heterocycles. The van der Waals surface area contributed by atoms with Crippen molar-refractivity contribution < 1.29 is 18.3 Å². The Morgan fingerprint density at radius 2 is 2.17 bits per heavy atom.